The van der Waals surface area contributed by atoms with Gasteiger partial charge in [0.1, 0.15) is 15.7 Å². The first-order valence-electron chi connectivity index (χ1n) is 5.58. The second-order valence-electron chi connectivity index (χ2n) is 4.32. The minimum atomic E-state index is -2.82. The van der Waals surface area contributed by atoms with Crippen LogP contribution in [0, 0.1) is 5.82 Å². The molecule has 1 aromatic rings. The predicted molar refractivity (Wildman–Crippen MR) is 62.7 cm³/mol. The van der Waals surface area contributed by atoms with Crippen molar-refractivity contribution in [2.75, 3.05) is 11.5 Å². The smallest absolute Gasteiger partial charge is 0.150 e. The summed E-state index contributed by atoms with van der Waals surface area (Å²) in [5.41, 5.74) is 0.776. The molecule has 1 aliphatic heterocycles. The molecule has 0 spiro atoms. The van der Waals surface area contributed by atoms with Crippen LogP contribution in [0.15, 0.2) is 18.5 Å². The van der Waals surface area contributed by atoms with E-state index in [-0.39, 0.29) is 23.4 Å². The lowest BCUT2D eigenvalue weighted by Gasteiger charge is -2.23. The monoisotopic (exact) mass is 258 g/mol. The normalized spacial score (nSPS) is 20.3. The van der Waals surface area contributed by atoms with Crippen molar-refractivity contribution >= 4 is 9.84 Å². The molecular weight excluding hydrogens is 243 g/mol. The number of hydrogen-bond acceptors (Lipinski definition) is 4. The molecule has 0 bridgehead atoms. The second kappa shape index (κ2) is 5.10. The number of halogens is 1. The molecule has 0 aliphatic carbocycles. The summed E-state index contributed by atoms with van der Waals surface area (Å²) in [5, 5.41) is 3.23. The zero-order valence-electron chi connectivity index (χ0n) is 9.39. The molecule has 0 unspecified atom stereocenters. The fraction of sp³-hybridized carbons (Fsp3) is 0.545. The Kier molecular flexibility index (Phi) is 3.73. The van der Waals surface area contributed by atoms with E-state index in [4.69, 9.17) is 0 Å². The Morgan fingerprint density at radius 2 is 2.06 bits per heavy atom. The van der Waals surface area contributed by atoms with Crippen molar-refractivity contribution < 1.29 is 12.8 Å². The maximum Gasteiger partial charge on any atom is 0.150 e. The minimum absolute atomic E-state index is 0.196. The maximum atomic E-state index is 12.9. The number of hydrogen-bond donors (Lipinski definition) is 1. The van der Waals surface area contributed by atoms with E-state index in [1.165, 1.54) is 6.07 Å². The van der Waals surface area contributed by atoms with Crippen LogP contribution in [0.1, 0.15) is 18.4 Å². The third kappa shape index (κ3) is 3.74. The zero-order chi connectivity index (χ0) is 12.3. The number of sulfone groups is 1. The van der Waals surface area contributed by atoms with Gasteiger partial charge in [0.2, 0.25) is 0 Å². The van der Waals surface area contributed by atoms with E-state index < -0.39 is 9.84 Å². The molecule has 1 saturated heterocycles. The first-order valence-corrected chi connectivity index (χ1v) is 7.40. The van der Waals surface area contributed by atoms with Crippen LogP contribution in [-0.4, -0.2) is 30.9 Å². The van der Waals surface area contributed by atoms with Gasteiger partial charge in [-0.25, -0.2) is 12.8 Å². The molecule has 1 aliphatic rings. The lowest BCUT2D eigenvalue weighted by Crippen LogP contribution is -2.37. The molecule has 4 nitrogen and oxygen atoms in total. The average molecular weight is 258 g/mol. The molecule has 2 rings (SSSR count). The first kappa shape index (κ1) is 12.4. The quantitative estimate of drug-likeness (QED) is 0.874. The Bertz CT molecular complexity index is 476. The van der Waals surface area contributed by atoms with Crippen LogP contribution in [0.25, 0.3) is 0 Å². The lowest BCUT2D eigenvalue weighted by molar-refractivity contribution is 0.462. The third-order valence-electron chi connectivity index (χ3n) is 2.91. The molecule has 0 aromatic carbocycles. The molecule has 0 atom stereocenters. The fourth-order valence-electron chi connectivity index (χ4n) is 1.91. The topological polar surface area (TPSA) is 59.1 Å². The number of nitrogens with zero attached hydrogens (tertiary/aromatic N) is 1. The molecule has 94 valence electrons. The van der Waals surface area contributed by atoms with Crippen molar-refractivity contribution in [3.05, 3.63) is 29.8 Å². The van der Waals surface area contributed by atoms with Crippen LogP contribution in [0.5, 0.6) is 0 Å². The summed E-state index contributed by atoms with van der Waals surface area (Å²) in [6, 6.07) is 1.63. The van der Waals surface area contributed by atoms with Gasteiger partial charge in [-0.1, -0.05) is 0 Å². The standard InChI is InChI=1S/C11H15FN2O2S/c12-10-5-9(6-13-8-10)7-14-11-1-3-17(15,16)4-2-11/h5-6,8,11,14H,1-4,7H2. The molecule has 1 aromatic heterocycles. The number of nitrogens with one attached hydrogen (secondary N) is 1. The van der Waals surface area contributed by atoms with Crippen molar-refractivity contribution in [1.29, 1.82) is 0 Å². The summed E-state index contributed by atoms with van der Waals surface area (Å²) < 4.78 is 35.3. The van der Waals surface area contributed by atoms with Gasteiger partial charge >= 0.3 is 0 Å². The van der Waals surface area contributed by atoms with Gasteiger partial charge < -0.3 is 5.32 Å². The summed E-state index contributed by atoms with van der Waals surface area (Å²) in [6.07, 6.45) is 4.03. The van der Waals surface area contributed by atoms with Crippen LogP contribution in [-0.2, 0) is 16.4 Å². The summed E-state index contributed by atoms with van der Waals surface area (Å²) in [6.45, 7) is 0.523. The molecule has 1 fully saturated rings. The van der Waals surface area contributed by atoms with Crippen molar-refractivity contribution in [3.8, 4) is 0 Å². The Hall–Kier alpha value is -1.01. The molecule has 0 radical (unpaired) electrons. The third-order valence-corrected chi connectivity index (χ3v) is 4.63. The van der Waals surface area contributed by atoms with E-state index in [0.717, 1.165) is 11.8 Å². The Morgan fingerprint density at radius 3 is 2.71 bits per heavy atom. The van der Waals surface area contributed by atoms with Gasteiger partial charge in [0, 0.05) is 18.8 Å². The molecule has 0 amide bonds. The highest BCUT2D eigenvalue weighted by Gasteiger charge is 2.22. The maximum absolute atomic E-state index is 12.9. The van der Waals surface area contributed by atoms with Gasteiger partial charge in [0.05, 0.1) is 17.7 Å². The highest BCUT2D eigenvalue weighted by molar-refractivity contribution is 7.91. The van der Waals surface area contributed by atoms with E-state index in [1.807, 2.05) is 0 Å². The Morgan fingerprint density at radius 1 is 1.35 bits per heavy atom. The molecule has 17 heavy (non-hydrogen) atoms. The van der Waals surface area contributed by atoms with Gasteiger partial charge in [0.25, 0.3) is 0 Å². The fourth-order valence-corrected chi connectivity index (χ4v) is 3.40. The van der Waals surface area contributed by atoms with Crippen molar-refractivity contribution in [3.63, 3.8) is 0 Å². The number of pyridine rings is 1. The molecule has 2 heterocycles. The molecule has 6 heteroatoms. The van der Waals surface area contributed by atoms with Crippen molar-refractivity contribution in [2.45, 2.75) is 25.4 Å². The molecule has 0 saturated carbocycles. The predicted octanol–water partition coefficient (Wildman–Crippen LogP) is 0.887. The number of aromatic nitrogens is 1. The van der Waals surface area contributed by atoms with E-state index in [1.54, 1.807) is 6.20 Å². The van der Waals surface area contributed by atoms with Crippen molar-refractivity contribution in [1.82, 2.24) is 10.3 Å². The van der Waals surface area contributed by atoms with E-state index >= 15 is 0 Å². The summed E-state index contributed by atoms with van der Waals surface area (Å²) >= 11 is 0. The van der Waals surface area contributed by atoms with Gasteiger partial charge in [-0.15, -0.1) is 0 Å². The first-order chi connectivity index (χ1) is 8.05. The Balaban J connectivity index is 1.84. The van der Waals surface area contributed by atoms with Crippen LogP contribution >= 0.6 is 0 Å². The molecule has 1 N–H and O–H groups in total. The van der Waals surface area contributed by atoms with Crippen LogP contribution < -0.4 is 5.32 Å². The SMILES string of the molecule is O=S1(=O)CCC(NCc2cncc(F)c2)CC1. The summed E-state index contributed by atoms with van der Waals surface area (Å²) in [7, 11) is -2.82. The average Bonchev–Trinajstić information content (AvgIpc) is 2.28. The van der Waals surface area contributed by atoms with Crippen LogP contribution in [0.2, 0.25) is 0 Å². The van der Waals surface area contributed by atoms with E-state index in [9.17, 15) is 12.8 Å². The van der Waals surface area contributed by atoms with Gasteiger partial charge in [-0.3, -0.25) is 4.98 Å². The van der Waals surface area contributed by atoms with Gasteiger partial charge in [0.15, 0.2) is 0 Å². The Labute approximate surface area is 100 Å². The van der Waals surface area contributed by atoms with E-state index in [0.29, 0.717) is 19.4 Å². The van der Waals surface area contributed by atoms with Crippen molar-refractivity contribution in [2.24, 2.45) is 0 Å². The summed E-state index contributed by atoms with van der Waals surface area (Å²) in [5.74, 6) is 0.133. The molecular formula is C11H15FN2O2S. The number of rotatable bonds is 3. The van der Waals surface area contributed by atoms with E-state index in [2.05, 4.69) is 10.3 Å². The van der Waals surface area contributed by atoms with Gasteiger partial charge in [-0.05, 0) is 24.5 Å². The van der Waals surface area contributed by atoms with Crippen LogP contribution in [0.4, 0.5) is 4.39 Å². The van der Waals surface area contributed by atoms with Crippen LogP contribution in [0.3, 0.4) is 0 Å². The zero-order valence-corrected chi connectivity index (χ0v) is 10.2. The highest BCUT2D eigenvalue weighted by atomic mass is 32.2. The minimum Gasteiger partial charge on any atom is -0.310 e. The second-order valence-corrected chi connectivity index (χ2v) is 6.62. The largest absolute Gasteiger partial charge is 0.310 e. The highest BCUT2D eigenvalue weighted by Crippen LogP contribution is 2.12. The summed E-state index contributed by atoms with van der Waals surface area (Å²) in [4.78, 5) is 3.76. The van der Waals surface area contributed by atoms with Gasteiger partial charge in [-0.2, -0.15) is 0 Å². The lowest BCUT2D eigenvalue weighted by atomic mass is 10.1.